The van der Waals surface area contributed by atoms with Gasteiger partial charge in [0.15, 0.2) is 5.13 Å². The second kappa shape index (κ2) is 9.05. The Morgan fingerprint density at radius 1 is 1.00 bits per heavy atom. The molecule has 0 spiro atoms. The lowest BCUT2D eigenvalue weighted by Crippen LogP contribution is -2.24. The highest BCUT2D eigenvalue weighted by Gasteiger charge is 2.23. The SMILES string of the molecule is Cc1nc(N2CCCc3ccccc32)sc1C(=O)Nc1ccc(-c2n[nH]c(=O)c3ccccc23)cc1. The fourth-order valence-corrected chi connectivity index (χ4v) is 5.68. The fourth-order valence-electron chi connectivity index (χ4n) is 4.67. The van der Waals surface area contributed by atoms with Crippen molar-refractivity contribution in [2.45, 2.75) is 19.8 Å². The van der Waals surface area contributed by atoms with Gasteiger partial charge in [-0.3, -0.25) is 9.59 Å². The first kappa shape index (κ1) is 22.2. The summed E-state index contributed by atoms with van der Waals surface area (Å²) in [6.45, 7) is 2.76. The van der Waals surface area contributed by atoms with Gasteiger partial charge in [-0.25, -0.2) is 10.1 Å². The summed E-state index contributed by atoms with van der Waals surface area (Å²) in [4.78, 5) is 32.8. The largest absolute Gasteiger partial charge is 0.321 e. The van der Waals surface area contributed by atoms with Gasteiger partial charge in [0, 0.05) is 28.9 Å². The number of nitrogens with one attached hydrogen (secondary N) is 2. The maximum atomic E-state index is 13.1. The van der Waals surface area contributed by atoms with Crippen molar-refractivity contribution in [2.24, 2.45) is 0 Å². The van der Waals surface area contributed by atoms with Crippen molar-refractivity contribution in [3.8, 4) is 11.3 Å². The van der Waals surface area contributed by atoms with Gasteiger partial charge in [-0.1, -0.05) is 59.9 Å². The molecule has 0 radical (unpaired) electrons. The summed E-state index contributed by atoms with van der Waals surface area (Å²) < 4.78 is 0. The third kappa shape index (κ3) is 3.95. The lowest BCUT2D eigenvalue weighted by atomic mass is 10.0. The van der Waals surface area contributed by atoms with E-state index in [0.717, 1.165) is 41.2 Å². The number of thiazole rings is 1. The van der Waals surface area contributed by atoms with Crippen LogP contribution in [0.5, 0.6) is 0 Å². The summed E-state index contributed by atoms with van der Waals surface area (Å²) in [5.41, 5.74) is 5.20. The average molecular weight is 494 g/mol. The highest BCUT2D eigenvalue weighted by molar-refractivity contribution is 7.17. The monoisotopic (exact) mass is 493 g/mol. The number of nitrogens with zero attached hydrogens (tertiary/aromatic N) is 3. The number of aryl methyl sites for hydroxylation is 2. The zero-order valence-electron chi connectivity index (χ0n) is 19.6. The number of fused-ring (bicyclic) bond motifs is 2. The van der Waals surface area contributed by atoms with Gasteiger partial charge in [0.1, 0.15) is 4.88 Å². The van der Waals surface area contributed by atoms with Crippen molar-refractivity contribution < 1.29 is 4.79 Å². The second-order valence-corrected chi connectivity index (χ2v) is 9.75. The van der Waals surface area contributed by atoms with Gasteiger partial charge >= 0.3 is 0 Å². The van der Waals surface area contributed by atoms with Crippen LogP contribution in [-0.4, -0.2) is 27.6 Å². The van der Waals surface area contributed by atoms with Crippen LogP contribution in [0, 0.1) is 6.92 Å². The number of aromatic nitrogens is 3. The predicted molar refractivity (Wildman–Crippen MR) is 144 cm³/mol. The highest BCUT2D eigenvalue weighted by Crippen LogP contribution is 2.37. The molecular formula is C28H23N5O2S. The van der Waals surface area contributed by atoms with Crippen LogP contribution in [0.25, 0.3) is 22.0 Å². The zero-order valence-corrected chi connectivity index (χ0v) is 20.4. The van der Waals surface area contributed by atoms with E-state index in [4.69, 9.17) is 4.98 Å². The maximum Gasteiger partial charge on any atom is 0.272 e. The first-order valence-corrected chi connectivity index (χ1v) is 12.6. The summed E-state index contributed by atoms with van der Waals surface area (Å²) >= 11 is 1.42. The molecule has 0 unspecified atom stereocenters. The summed E-state index contributed by atoms with van der Waals surface area (Å²) in [7, 11) is 0. The Bertz CT molecular complexity index is 1660. The number of hydrogen-bond acceptors (Lipinski definition) is 6. The van der Waals surface area contributed by atoms with Gasteiger partial charge in [-0.15, -0.1) is 0 Å². The van der Waals surface area contributed by atoms with Crippen molar-refractivity contribution in [3.63, 3.8) is 0 Å². The van der Waals surface area contributed by atoms with E-state index in [2.05, 4.69) is 38.6 Å². The zero-order chi connectivity index (χ0) is 24.6. The second-order valence-electron chi connectivity index (χ2n) is 8.77. The van der Waals surface area contributed by atoms with Crippen molar-refractivity contribution in [3.05, 3.63) is 99.3 Å². The Labute approximate surface area is 211 Å². The molecule has 8 heteroatoms. The van der Waals surface area contributed by atoms with Gasteiger partial charge in [0.05, 0.1) is 16.8 Å². The van der Waals surface area contributed by atoms with E-state index in [1.807, 2.05) is 55.5 Å². The van der Waals surface area contributed by atoms with E-state index in [1.165, 1.54) is 22.6 Å². The van der Waals surface area contributed by atoms with E-state index in [-0.39, 0.29) is 11.5 Å². The predicted octanol–water partition coefficient (Wildman–Crippen LogP) is 5.69. The number of aromatic amines is 1. The summed E-state index contributed by atoms with van der Waals surface area (Å²) in [6.07, 6.45) is 2.12. The minimum Gasteiger partial charge on any atom is -0.321 e. The van der Waals surface area contributed by atoms with E-state index < -0.39 is 0 Å². The molecule has 0 saturated heterocycles. The Hall–Kier alpha value is -4.30. The van der Waals surface area contributed by atoms with Crippen molar-refractivity contribution in [1.82, 2.24) is 15.2 Å². The van der Waals surface area contributed by atoms with Crippen LogP contribution in [0.15, 0.2) is 77.6 Å². The van der Waals surface area contributed by atoms with E-state index in [9.17, 15) is 9.59 Å². The fraction of sp³-hybridized carbons (Fsp3) is 0.143. The molecule has 0 atom stereocenters. The third-order valence-corrected chi connectivity index (χ3v) is 7.62. The molecule has 1 aliphatic heterocycles. The molecule has 6 rings (SSSR count). The molecular weight excluding hydrogens is 470 g/mol. The quantitative estimate of drug-likeness (QED) is 0.336. The van der Waals surface area contributed by atoms with E-state index in [0.29, 0.717) is 21.6 Å². The molecule has 0 bridgehead atoms. The summed E-state index contributed by atoms with van der Waals surface area (Å²) in [5.74, 6) is -0.179. The minimum atomic E-state index is -0.217. The summed E-state index contributed by atoms with van der Waals surface area (Å²) in [5, 5.41) is 12.0. The first-order chi connectivity index (χ1) is 17.6. The molecule has 3 heterocycles. The molecule has 3 aromatic carbocycles. The van der Waals surface area contributed by atoms with Crippen molar-refractivity contribution in [1.29, 1.82) is 0 Å². The Morgan fingerprint density at radius 2 is 1.75 bits per heavy atom. The van der Waals surface area contributed by atoms with Gasteiger partial charge in [0.25, 0.3) is 11.5 Å². The minimum absolute atomic E-state index is 0.179. The van der Waals surface area contributed by atoms with Crippen molar-refractivity contribution in [2.75, 3.05) is 16.8 Å². The molecule has 178 valence electrons. The van der Waals surface area contributed by atoms with Crippen LogP contribution in [-0.2, 0) is 6.42 Å². The Kier molecular flexibility index (Phi) is 5.58. The standard InChI is InChI=1S/C28H23N5O2S/c1-17-25(36-28(29-17)33-16-6-8-18-7-2-5-11-23(18)33)27(35)30-20-14-12-19(13-15-20)24-21-9-3-4-10-22(21)26(34)32-31-24/h2-5,7,9-15H,6,8,16H2,1H3,(H,30,35)(H,32,34). The van der Waals surface area contributed by atoms with Crippen LogP contribution in [0.2, 0.25) is 0 Å². The number of benzene rings is 3. The lowest BCUT2D eigenvalue weighted by Gasteiger charge is -2.28. The molecule has 1 aliphatic rings. The normalized spacial score (nSPS) is 13.0. The third-order valence-electron chi connectivity index (χ3n) is 6.44. The molecule has 2 aromatic heterocycles. The number of amides is 1. The van der Waals surface area contributed by atoms with Gasteiger partial charge < -0.3 is 10.2 Å². The number of rotatable bonds is 4. The number of carbonyl (C=O) groups is 1. The first-order valence-electron chi connectivity index (χ1n) is 11.8. The van der Waals surface area contributed by atoms with E-state index in [1.54, 1.807) is 6.07 Å². The highest BCUT2D eigenvalue weighted by atomic mass is 32.1. The van der Waals surface area contributed by atoms with Crippen molar-refractivity contribution >= 4 is 44.5 Å². The van der Waals surface area contributed by atoms with E-state index >= 15 is 0 Å². The molecule has 0 aliphatic carbocycles. The number of para-hydroxylation sites is 1. The number of carbonyl (C=O) groups excluding carboxylic acids is 1. The van der Waals surface area contributed by atoms with Crippen LogP contribution < -0.4 is 15.8 Å². The molecule has 5 aromatic rings. The van der Waals surface area contributed by atoms with Gasteiger partial charge in [0.2, 0.25) is 0 Å². The molecule has 36 heavy (non-hydrogen) atoms. The van der Waals surface area contributed by atoms with Gasteiger partial charge in [-0.2, -0.15) is 5.10 Å². The van der Waals surface area contributed by atoms with Crippen LogP contribution in [0.4, 0.5) is 16.5 Å². The Balaban J connectivity index is 1.24. The molecule has 7 nitrogen and oxygen atoms in total. The lowest BCUT2D eigenvalue weighted by molar-refractivity contribution is 0.103. The van der Waals surface area contributed by atoms with Crippen LogP contribution >= 0.6 is 11.3 Å². The molecule has 0 fully saturated rings. The smallest absolute Gasteiger partial charge is 0.272 e. The Morgan fingerprint density at radius 3 is 2.58 bits per heavy atom. The summed E-state index contributed by atoms with van der Waals surface area (Å²) in [6, 6.07) is 23.2. The molecule has 0 saturated carbocycles. The maximum absolute atomic E-state index is 13.1. The topological polar surface area (TPSA) is 91.0 Å². The van der Waals surface area contributed by atoms with Crippen LogP contribution in [0.1, 0.15) is 27.3 Å². The number of H-pyrrole nitrogens is 1. The average Bonchev–Trinajstić information content (AvgIpc) is 3.31. The van der Waals surface area contributed by atoms with Gasteiger partial charge in [-0.05, 0) is 49.6 Å². The van der Waals surface area contributed by atoms with Crippen LogP contribution in [0.3, 0.4) is 0 Å². The number of anilines is 3. The molecule has 1 amide bonds. The number of hydrogen-bond donors (Lipinski definition) is 2. The molecule has 2 N–H and O–H groups in total.